The first-order valence-corrected chi connectivity index (χ1v) is 23.5. The molecule has 2 atom stereocenters. The van der Waals surface area contributed by atoms with Crippen LogP contribution >= 0.6 is 23.5 Å². The molecule has 0 fully saturated rings. The van der Waals surface area contributed by atoms with Crippen molar-refractivity contribution in [2.45, 2.75) is 97.3 Å². The van der Waals surface area contributed by atoms with E-state index < -0.39 is 34.8 Å². The number of carboxylic acid groups (broad SMARTS) is 2. The summed E-state index contributed by atoms with van der Waals surface area (Å²) >= 11 is 3.20. The lowest BCUT2D eigenvalue weighted by Gasteiger charge is -2.24. The average Bonchev–Trinajstić information content (AvgIpc) is 3.90. The quantitative estimate of drug-likeness (QED) is 0.0718. The Morgan fingerprint density at radius 1 is 0.552 bits per heavy atom. The number of carbonyl (C=O) groups is 2. The number of hydrogen-bond acceptors (Lipinski definition) is 11. The molecule has 4 N–H and O–H groups in total. The molecule has 13 nitrogen and oxygen atoms in total. The van der Waals surface area contributed by atoms with Gasteiger partial charge in [-0.1, -0.05) is 114 Å². The van der Waals surface area contributed by atoms with Gasteiger partial charge >= 0.3 is 11.9 Å². The van der Waals surface area contributed by atoms with E-state index in [1.54, 1.807) is 41.7 Å². The van der Waals surface area contributed by atoms with Gasteiger partial charge in [0.05, 0.1) is 5.92 Å². The van der Waals surface area contributed by atoms with E-state index in [0.717, 1.165) is 19.6 Å². The predicted octanol–water partition coefficient (Wildman–Crippen LogP) is 10.8. The van der Waals surface area contributed by atoms with Crippen molar-refractivity contribution >= 4 is 57.5 Å². The van der Waals surface area contributed by atoms with Crippen LogP contribution in [0.4, 0.5) is 0 Å². The lowest BCUT2D eigenvalue weighted by Crippen LogP contribution is -2.29. The van der Waals surface area contributed by atoms with E-state index in [2.05, 4.69) is 10.2 Å². The Kier molecular flexibility index (Phi) is 13.5. The summed E-state index contributed by atoms with van der Waals surface area (Å²) in [5.41, 5.74) is 4.43. The standard InChI is InChI=1S/C52H52N6O7S2/c1-51(2,3)38-24-31(26-44(47(38)59)57-53-40-19-17-36(29-42(40)55-57)66-34-13-9-7-10-14-34)23-33(49(61)62)21-22-65-46(50(63)64)28-32-25-39(52(4,5)6)48(60)45(27-32)58-54-41-20-18-37(30-43(41)56-58)67-35-15-11-8-12-16-35/h7-20,24-27,29-30,33,46,59-60H,21-23,28H2,1-6H3,(H,61,62)(H,63,64). The highest BCUT2D eigenvalue weighted by Gasteiger charge is 2.29. The third-order valence-electron chi connectivity index (χ3n) is 11.3. The lowest BCUT2D eigenvalue weighted by molar-refractivity contribution is -0.151. The van der Waals surface area contributed by atoms with Gasteiger partial charge in [0.25, 0.3) is 0 Å². The number of aliphatic carboxylic acids is 2. The van der Waals surface area contributed by atoms with Crippen LogP contribution in [0.1, 0.15) is 70.2 Å². The molecule has 0 amide bonds. The number of fused-ring (bicyclic) bond motifs is 2. The van der Waals surface area contributed by atoms with E-state index in [4.69, 9.17) is 14.9 Å². The first kappa shape index (κ1) is 46.8. The highest BCUT2D eigenvalue weighted by molar-refractivity contribution is 7.99. The molecule has 0 aliphatic carbocycles. The Bertz CT molecular complexity index is 2880. The molecule has 2 heterocycles. The van der Waals surface area contributed by atoms with Crippen LogP contribution in [0.2, 0.25) is 0 Å². The van der Waals surface area contributed by atoms with Crippen LogP contribution in [0.25, 0.3) is 33.4 Å². The maximum atomic E-state index is 12.8. The van der Waals surface area contributed by atoms with Crippen molar-refractivity contribution in [1.82, 2.24) is 30.0 Å². The normalized spacial score (nSPS) is 13.0. The molecule has 67 heavy (non-hydrogen) atoms. The Labute approximate surface area is 396 Å². The molecule has 2 unspecified atom stereocenters. The average molecular weight is 937 g/mol. The maximum Gasteiger partial charge on any atom is 0.333 e. The molecule has 0 saturated carbocycles. The minimum atomic E-state index is -1.33. The number of phenols is 2. The van der Waals surface area contributed by atoms with Gasteiger partial charge in [0, 0.05) is 43.7 Å². The van der Waals surface area contributed by atoms with Crippen molar-refractivity contribution in [1.29, 1.82) is 0 Å². The fourth-order valence-electron chi connectivity index (χ4n) is 7.80. The van der Waals surface area contributed by atoms with E-state index >= 15 is 0 Å². The third kappa shape index (κ3) is 11.0. The zero-order valence-corrected chi connectivity index (χ0v) is 39.7. The van der Waals surface area contributed by atoms with Gasteiger partial charge in [-0.25, -0.2) is 4.79 Å². The molecule has 2 aromatic heterocycles. The Balaban J connectivity index is 1.01. The number of ether oxygens (including phenoxy) is 1. The summed E-state index contributed by atoms with van der Waals surface area (Å²) in [4.78, 5) is 32.4. The number of phenolic OH excluding ortho intramolecular Hbond substituents is 2. The van der Waals surface area contributed by atoms with E-state index in [9.17, 15) is 30.0 Å². The first-order valence-electron chi connectivity index (χ1n) is 21.9. The molecule has 0 aliphatic rings. The summed E-state index contributed by atoms with van der Waals surface area (Å²) in [6, 6.07) is 38.5. The largest absolute Gasteiger partial charge is 0.505 e. The van der Waals surface area contributed by atoms with Crippen LogP contribution in [0.15, 0.2) is 141 Å². The van der Waals surface area contributed by atoms with E-state index in [0.29, 0.717) is 55.7 Å². The van der Waals surface area contributed by atoms with E-state index in [1.807, 2.05) is 145 Å². The van der Waals surface area contributed by atoms with Crippen LogP contribution in [0.5, 0.6) is 11.5 Å². The van der Waals surface area contributed by atoms with Crippen molar-refractivity contribution in [2.24, 2.45) is 5.92 Å². The molecular weight excluding hydrogens is 885 g/mol. The number of rotatable bonds is 16. The number of carboxylic acids is 2. The number of nitrogens with zero attached hydrogens (tertiary/aromatic N) is 6. The number of hydrogen-bond donors (Lipinski definition) is 4. The van der Waals surface area contributed by atoms with Crippen molar-refractivity contribution in [3.8, 4) is 22.9 Å². The fourth-order valence-corrected chi connectivity index (χ4v) is 9.54. The topological polar surface area (TPSA) is 186 Å². The van der Waals surface area contributed by atoms with Crippen molar-refractivity contribution in [3.05, 3.63) is 144 Å². The second kappa shape index (κ2) is 19.3. The summed E-state index contributed by atoms with van der Waals surface area (Å²) in [5.74, 6) is -3.28. The molecule has 0 saturated heterocycles. The van der Waals surface area contributed by atoms with Gasteiger partial charge in [0.2, 0.25) is 0 Å². The summed E-state index contributed by atoms with van der Waals surface area (Å²) in [6.07, 6.45) is -1.33. The maximum absolute atomic E-state index is 12.8. The zero-order chi connectivity index (χ0) is 47.6. The predicted molar refractivity (Wildman–Crippen MR) is 260 cm³/mol. The second-order valence-corrected chi connectivity index (χ2v) is 20.9. The lowest BCUT2D eigenvalue weighted by atomic mass is 9.83. The van der Waals surface area contributed by atoms with Gasteiger partial charge in [-0.15, -0.1) is 30.0 Å². The van der Waals surface area contributed by atoms with Gasteiger partial charge in [-0.3, -0.25) is 4.79 Å². The second-order valence-electron chi connectivity index (χ2n) is 18.6. The molecule has 0 spiro atoms. The number of aromatic hydroxyl groups is 2. The molecule has 344 valence electrons. The Morgan fingerprint density at radius 3 is 1.40 bits per heavy atom. The van der Waals surface area contributed by atoms with Crippen LogP contribution in [0, 0.1) is 5.92 Å². The SMILES string of the molecule is CC(C)(C)c1cc(CC(CCOC(Cc2cc(-n3nc4ccc(Sc5ccccc5)cc4n3)c(O)c(C(C)(C)C)c2)C(=O)O)C(=O)O)cc(-n2nc3ccc(Sc4ccccc4)cc3n2)c1O. The van der Waals surface area contributed by atoms with Gasteiger partial charge < -0.3 is 25.2 Å². The summed E-state index contributed by atoms with van der Waals surface area (Å²) < 4.78 is 5.98. The minimum Gasteiger partial charge on any atom is -0.505 e. The van der Waals surface area contributed by atoms with Crippen LogP contribution in [-0.2, 0) is 38.0 Å². The third-order valence-corrected chi connectivity index (χ3v) is 13.3. The van der Waals surface area contributed by atoms with E-state index in [-0.39, 0.29) is 37.4 Å². The molecule has 0 aliphatic heterocycles. The van der Waals surface area contributed by atoms with Crippen LogP contribution < -0.4 is 0 Å². The highest BCUT2D eigenvalue weighted by Crippen LogP contribution is 2.39. The van der Waals surface area contributed by atoms with Crippen LogP contribution in [-0.4, -0.2) is 75.1 Å². The molecule has 0 radical (unpaired) electrons. The van der Waals surface area contributed by atoms with Gasteiger partial charge in [-0.05, 0) is 108 Å². The molecule has 8 rings (SSSR count). The van der Waals surface area contributed by atoms with E-state index in [1.165, 1.54) is 9.59 Å². The molecule has 6 aromatic carbocycles. The van der Waals surface area contributed by atoms with Crippen LogP contribution in [0.3, 0.4) is 0 Å². The summed E-state index contributed by atoms with van der Waals surface area (Å²) in [7, 11) is 0. The monoisotopic (exact) mass is 936 g/mol. The van der Waals surface area contributed by atoms with Gasteiger partial charge in [0.15, 0.2) is 6.10 Å². The van der Waals surface area contributed by atoms with Gasteiger partial charge in [-0.2, -0.15) is 0 Å². The molecular formula is C52H52N6O7S2. The first-order chi connectivity index (χ1) is 31.9. The number of aromatic nitrogens is 6. The van der Waals surface area contributed by atoms with Gasteiger partial charge in [0.1, 0.15) is 44.9 Å². The Morgan fingerprint density at radius 2 is 0.985 bits per heavy atom. The zero-order valence-electron chi connectivity index (χ0n) is 38.0. The molecule has 0 bridgehead atoms. The van der Waals surface area contributed by atoms with Crippen molar-refractivity contribution in [2.75, 3.05) is 6.61 Å². The minimum absolute atomic E-state index is 0.00828. The molecule has 8 aromatic rings. The fraction of sp³-hybridized carbons (Fsp3) is 0.269. The number of benzene rings is 6. The van der Waals surface area contributed by atoms with Crippen molar-refractivity contribution in [3.63, 3.8) is 0 Å². The Hall–Kier alpha value is -6.68. The smallest absolute Gasteiger partial charge is 0.333 e. The summed E-state index contributed by atoms with van der Waals surface area (Å²) in [5, 5.41) is 62.9. The highest BCUT2D eigenvalue weighted by atomic mass is 32.2. The molecule has 15 heteroatoms. The van der Waals surface area contributed by atoms with Crippen molar-refractivity contribution < 1.29 is 34.8 Å². The summed E-state index contributed by atoms with van der Waals surface area (Å²) in [6.45, 7) is 11.6.